The van der Waals surface area contributed by atoms with Crippen molar-refractivity contribution < 1.29 is 24.5 Å². The highest BCUT2D eigenvalue weighted by Crippen LogP contribution is 2.88. The minimum Gasteiger partial charge on any atom is -0.480 e. The maximum Gasteiger partial charge on any atom is 0.355 e. The Morgan fingerprint density at radius 2 is 1.81 bits per heavy atom. The van der Waals surface area contributed by atoms with Gasteiger partial charge in [0, 0.05) is 53.0 Å². The zero-order valence-corrected chi connectivity index (χ0v) is 35.2. The standard InChI is InChI=1S/C44H51N9O5S/c1-26-28-9-8-14-52(37(28)50-49-36(26)48-39-46-31-10-6-7-11-32(31)59-39)33-13-12-29(35(47-33)38(56)57)30-17-45-53(27(30)2)25-42-19-40(3)20-43(24-42)41(4,22-42)23-44(43,21-40)58-16-15-51(5)18-34(54)55/h6-7,10-13,17H,8-9,14-16,18-25H2,1-5H3,(H,54,55)(H,56,57)(H,46,48,49). The Balaban J connectivity index is 0.893. The second kappa shape index (κ2) is 13.3. The number of hydrogen-bond donors (Lipinski definition) is 3. The number of hydrogen-bond acceptors (Lipinski definition) is 12. The van der Waals surface area contributed by atoms with Crippen molar-refractivity contribution in [3.63, 3.8) is 0 Å². The average Bonchev–Trinajstić information content (AvgIpc) is 3.83. The van der Waals surface area contributed by atoms with Crippen LogP contribution in [-0.4, -0.2) is 95.9 Å². The molecule has 4 fully saturated rings. The number of carboxylic acid groups (broad SMARTS) is 2. The molecule has 4 saturated carbocycles. The number of benzene rings is 1. The highest BCUT2D eigenvalue weighted by molar-refractivity contribution is 7.22. The molecule has 15 heteroatoms. The molecular formula is C44H51N9O5S. The van der Waals surface area contributed by atoms with Crippen LogP contribution in [0.3, 0.4) is 0 Å². The van der Waals surface area contributed by atoms with Crippen molar-refractivity contribution in [1.29, 1.82) is 0 Å². The van der Waals surface area contributed by atoms with E-state index in [1.807, 2.05) is 73.3 Å². The minimum atomic E-state index is -1.09. The molecule has 5 aliphatic rings. The van der Waals surface area contributed by atoms with Gasteiger partial charge in [0.25, 0.3) is 0 Å². The summed E-state index contributed by atoms with van der Waals surface area (Å²) in [6.45, 7) is 11.5. The first-order valence-electron chi connectivity index (χ1n) is 20.7. The van der Waals surface area contributed by atoms with Gasteiger partial charge in [0.2, 0.25) is 0 Å². The number of aromatic carboxylic acids is 1. The quantitative estimate of drug-likeness (QED) is 0.106. The molecule has 3 bridgehead atoms. The molecular weight excluding hydrogens is 767 g/mol. The molecule has 5 heterocycles. The van der Waals surface area contributed by atoms with E-state index in [0.717, 1.165) is 89.2 Å². The van der Waals surface area contributed by atoms with Crippen LogP contribution < -0.4 is 10.2 Å². The Bertz CT molecular complexity index is 2520. The van der Waals surface area contributed by atoms with Crippen LogP contribution in [0.4, 0.5) is 22.6 Å². The number of aliphatic carboxylic acids is 1. The van der Waals surface area contributed by atoms with E-state index in [1.54, 1.807) is 11.3 Å². The molecule has 1 aromatic carbocycles. The molecule has 308 valence electrons. The molecule has 14 nitrogen and oxygen atoms in total. The summed E-state index contributed by atoms with van der Waals surface area (Å²) < 4.78 is 10.1. The number of likely N-dealkylation sites (N-methyl/N-ethyl adjacent to an activating group) is 1. The third-order valence-electron chi connectivity index (χ3n) is 14.8. The predicted octanol–water partition coefficient (Wildman–Crippen LogP) is 7.64. The fourth-order valence-electron chi connectivity index (χ4n) is 13.1. The number of para-hydroxylation sites is 1. The molecule has 4 aliphatic carbocycles. The molecule has 5 atom stereocenters. The van der Waals surface area contributed by atoms with Gasteiger partial charge >= 0.3 is 11.9 Å². The van der Waals surface area contributed by atoms with E-state index in [-0.39, 0.29) is 39.5 Å². The van der Waals surface area contributed by atoms with E-state index in [1.165, 1.54) is 6.42 Å². The lowest BCUT2D eigenvalue weighted by atomic mass is 9.44. The number of anilines is 4. The maximum atomic E-state index is 12.9. The van der Waals surface area contributed by atoms with E-state index in [0.29, 0.717) is 42.7 Å². The Morgan fingerprint density at radius 3 is 2.61 bits per heavy atom. The van der Waals surface area contributed by atoms with Crippen LogP contribution in [0.25, 0.3) is 21.3 Å². The van der Waals surface area contributed by atoms with E-state index >= 15 is 0 Å². The van der Waals surface area contributed by atoms with Crippen molar-refractivity contribution in [1.82, 2.24) is 34.8 Å². The summed E-state index contributed by atoms with van der Waals surface area (Å²) in [4.78, 5) is 37.5. The van der Waals surface area contributed by atoms with Gasteiger partial charge in [0.1, 0.15) is 5.82 Å². The van der Waals surface area contributed by atoms with Crippen LogP contribution in [0, 0.1) is 35.5 Å². The summed E-state index contributed by atoms with van der Waals surface area (Å²) in [5, 5.41) is 38.1. The number of thiazole rings is 1. The molecule has 59 heavy (non-hydrogen) atoms. The topological polar surface area (TPSA) is 172 Å². The second-order valence-corrected chi connectivity index (χ2v) is 20.0. The number of aromatic nitrogens is 6. The lowest BCUT2D eigenvalue weighted by Crippen LogP contribution is -2.65. The fourth-order valence-corrected chi connectivity index (χ4v) is 13.9. The zero-order chi connectivity index (χ0) is 41.1. The Labute approximate surface area is 347 Å². The molecule has 0 radical (unpaired) electrons. The summed E-state index contributed by atoms with van der Waals surface area (Å²) in [6, 6.07) is 11.8. The van der Waals surface area contributed by atoms with Crippen LogP contribution in [0.5, 0.6) is 0 Å². The normalized spacial score (nSPS) is 28.9. The van der Waals surface area contributed by atoms with E-state index in [2.05, 4.69) is 34.0 Å². The molecule has 10 rings (SSSR count). The summed E-state index contributed by atoms with van der Waals surface area (Å²) in [5.41, 5.74) is 5.54. The lowest BCUT2D eigenvalue weighted by Gasteiger charge is -2.64. The van der Waals surface area contributed by atoms with Crippen LogP contribution in [0.1, 0.15) is 86.1 Å². The molecule has 5 aromatic rings. The number of carbonyl (C=O) groups is 2. The van der Waals surface area contributed by atoms with Gasteiger partial charge in [-0.2, -0.15) is 5.10 Å². The predicted molar refractivity (Wildman–Crippen MR) is 225 cm³/mol. The molecule has 1 spiro atoms. The van der Waals surface area contributed by atoms with Crippen molar-refractivity contribution in [3.05, 3.63) is 65.1 Å². The van der Waals surface area contributed by atoms with E-state index in [4.69, 9.17) is 19.8 Å². The maximum absolute atomic E-state index is 12.9. The number of pyridine rings is 1. The second-order valence-electron chi connectivity index (χ2n) is 19.0. The summed E-state index contributed by atoms with van der Waals surface area (Å²) >= 11 is 1.57. The summed E-state index contributed by atoms with van der Waals surface area (Å²) in [7, 11) is 1.83. The SMILES string of the molecule is Cc1c(Nc2nc3ccccc3s2)nnc2c1CCCN2c1ccc(-c2cnn(CC34CC5(C)CC6(OCCN(C)CC(=O)O)CC(C)(C3)C6(C5)C4)c2C)c(C(=O)O)n1. The van der Waals surface area contributed by atoms with Gasteiger partial charge in [-0.15, -0.1) is 10.2 Å². The molecule has 0 amide bonds. The third-order valence-corrected chi connectivity index (χ3v) is 15.7. The third kappa shape index (κ3) is 5.89. The van der Waals surface area contributed by atoms with Crippen LogP contribution in [0.2, 0.25) is 0 Å². The number of carboxylic acids is 2. The van der Waals surface area contributed by atoms with Crippen molar-refractivity contribution in [2.24, 2.45) is 21.7 Å². The monoisotopic (exact) mass is 817 g/mol. The average molecular weight is 818 g/mol. The highest BCUT2D eigenvalue weighted by Gasteiger charge is 2.85. The van der Waals surface area contributed by atoms with Crippen molar-refractivity contribution in [3.8, 4) is 11.1 Å². The Morgan fingerprint density at radius 1 is 0.983 bits per heavy atom. The van der Waals surface area contributed by atoms with Crippen LogP contribution in [-0.2, 0) is 22.5 Å². The molecule has 3 N–H and O–H groups in total. The van der Waals surface area contributed by atoms with Gasteiger partial charge in [0.05, 0.1) is 35.2 Å². The first-order valence-corrected chi connectivity index (χ1v) is 21.5. The van der Waals surface area contributed by atoms with Gasteiger partial charge in [0.15, 0.2) is 22.5 Å². The largest absolute Gasteiger partial charge is 0.480 e. The van der Waals surface area contributed by atoms with E-state index in [9.17, 15) is 19.8 Å². The van der Waals surface area contributed by atoms with Gasteiger partial charge in [-0.3, -0.25) is 14.4 Å². The van der Waals surface area contributed by atoms with Gasteiger partial charge < -0.3 is 25.2 Å². The molecule has 5 unspecified atom stereocenters. The van der Waals surface area contributed by atoms with Gasteiger partial charge in [-0.1, -0.05) is 37.3 Å². The summed E-state index contributed by atoms with van der Waals surface area (Å²) in [5.74, 6) is -0.0447. The first-order chi connectivity index (χ1) is 28.1. The van der Waals surface area contributed by atoms with Gasteiger partial charge in [-0.05, 0) is 113 Å². The van der Waals surface area contributed by atoms with Crippen molar-refractivity contribution >= 4 is 56.1 Å². The number of nitrogens with zero attached hydrogens (tertiary/aromatic N) is 8. The number of fused-ring (bicyclic) bond motifs is 4. The molecule has 1 aliphatic heterocycles. The molecule has 0 saturated heterocycles. The molecule has 4 aromatic heterocycles. The summed E-state index contributed by atoms with van der Waals surface area (Å²) in [6.07, 6.45) is 10.0. The van der Waals surface area contributed by atoms with Crippen molar-refractivity contribution in [2.45, 2.75) is 91.2 Å². The Hall–Kier alpha value is -4.99. The highest BCUT2D eigenvalue weighted by atomic mass is 32.1. The fraction of sp³-hybridized carbons (Fsp3) is 0.523. The number of ether oxygens (including phenoxy) is 1. The van der Waals surface area contributed by atoms with Crippen LogP contribution >= 0.6 is 11.3 Å². The zero-order valence-electron chi connectivity index (χ0n) is 34.3. The lowest BCUT2D eigenvalue weighted by molar-refractivity contribution is -0.253. The first kappa shape index (κ1) is 38.2. The number of nitrogens with one attached hydrogen (secondary N) is 1. The Kier molecular flexibility index (Phi) is 8.59. The van der Waals surface area contributed by atoms with Crippen molar-refractivity contribution in [2.75, 3.05) is 43.5 Å². The number of rotatable bonds is 13. The minimum absolute atomic E-state index is 0.00762. The van der Waals surface area contributed by atoms with Crippen LogP contribution in [0.15, 0.2) is 42.6 Å². The van der Waals surface area contributed by atoms with Gasteiger partial charge in [-0.25, -0.2) is 14.8 Å². The van der Waals surface area contributed by atoms with E-state index < -0.39 is 11.9 Å². The smallest absolute Gasteiger partial charge is 0.355 e.